The summed E-state index contributed by atoms with van der Waals surface area (Å²) >= 11 is 0. The van der Waals surface area contributed by atoms with Gasteiger partial charge in [-0.15, -0.1) is 0 Å². The van der Waals surface area contributed by atoms with Crippen LogP contribution in [0.3, 0.4) is 0 Å². The first-order valence-corrected chi connectivity index (χ1v) is 7.04. The van der Waals surface area contributed by atoms with E-state index in [1.165, 1.54) is 5.56 Å². The zero-order valence-electron chi connectivity index (χ0n) is 12.5. The van der Waals surface area contributed by atoms with Crippen molar-refractivity contribution >= 4 is 16.9 Å². The molecule has 0 saturated heterocycles. The smallest absolute Gasteiger partial charge is 0.163 e. The second-order valence-electron chi connectivity index (χ2n) is 5.18. The number of aromatic nitrogens is 6. The molecule has 7 heteroatoms. The Labute approximate surface area is 122 Å². The summed E-state index contributed by atoms with van der Waals surface area (Å²) in [6.07, 6.45) is 5.71. The number of nitrogens with one attached hydrogen (secondary N) is 2. The highest BCUT2D eigenvalue weighted by Crippen LogP contribution is 2.19. The molecular weight excluding hydrogens is 266 g/mol. The molecule has 3 rings (SSSR count). The second-order valence-corrected chi connectivity index (χ2v) is 5.18. The summed E-state index contributed by atoms with van der Waals surface area (Å²) in [4.78, 5) is 8.89. The largest absolute Gasteiger partial charge is 0.369 e. The van der Waals surface area contributed by atoms with Gasteiger partial charge in [-0.1, -0.05) is 0 Å². The molecule has 0 aliphatic carbocycles. The molecule has 21 heavy (non-hydrogen) atoms. The van der Waals surface area contributed by atoms with Crippen LogP contribution in [0.5, 0.6) is 0 Å². The highest BCUT2D eigenvalue weighted by molar-refractivity contribution is 5.86. The van der Waals surface area contributed by atoms with Gasteiger partial charge in [-0.05, 0) is 32.3 Å². The van der Waals surface area contributed by atoms with Gasteiger partial charge in [-0.25, -0.2) is 9.97 Å². The third kappa shape index (κ3) is 2.72. The zero-order chi connectivity index (χ0) is 14.8. The Morgan fingerprint density at radius 3 is 2.86 bits per heavy atom. The molecule has 0 fully saturated rings. The number of nitrogens with zero attached hydrogens (tertiary/aromatic N) is 5. The van der Waals surface area contributed by atoms with Gasteiger partial charge in [0.25, 0.3) is 0 Å². The molecule has 110 valence electrons. The van der Waals surface area contributed by atoms with Crippen LogP contribution in [0.1, 0.15) is 23.5 Å². The van der Waals surface area contributed by atoms with Crippen molar-refractivity contribution in [1.82, 2.24) is 29.9 Å². The Balaban J connectivity index is 1.67. The van der Waals surface area contributed by atoms with Gasteiger partial charge in [0, 0.05) is 19.3 Å². The lowest BCUT2D eigenvalue weighted by molar-refractivity contribution is 0.782. The lowest BCUT2D eigenvalue weighted by Gasteiger charge is -2.07. The van der Waals surface area contributed by atoms with Crippen LogP contribution in [0.25, 0.3) is 11.0 Å². The average Bonchev–Trinajstić information content (AvgIpc) is 3.02. The Kier molecular flexibility index (Phi) is 3.55. The molecule has 0 aliphatic rings. The Bertz CT molecular complexity index is 756. The van der Waals surface area contributed by atoms with Crippen LogP contribution in [0.4, 0.5) is 5.82 Å². The van der Waals surface area contributed by atoms with Crippen LogP contribution >= 0.6 is 0 Å². The first kappa shape index (κ1) is 13.5. The maximum absolute atomic E-state index is 4.47. The Morgan fingerprint density at radius 2 is 2.10 bits per heavy atom. The Morgan fingerprint density at radius 1 is 1.24 bits per heavy atom. The third-order valence-electron chi connectivity index (χ3n) is 3.55. The fourth-order valence-electron chi connectivity index (χ4n) is 2.38. The first-order valence-electron chi connectivity index (χ1n) is 7.04. The molecule has 0 unspecified atom stereocenters. The van der Waals surface area contributed by atoms with E-state index in [-0.39, 0.29) is 0 Å². The van der Waals surface area contributed by atoms with Crippen molar-refractivity contribution in [1.29, 1.82) is 0 Å². The molecule has 0 bridgehead atoms. The predicted octanol–water partition coefficient (Wildman–Crippen LogP) is 1.75. The molecular formula is C14H19N7. The van der Waals surface area contributed by atoms with Crippen molar-refractivity contribution in [3.8, 4) is 0 Å². The van der Waals surface area contributed by atoms with Crippen molar-refractivity contribution in [2.24, 2.45) is 7.05 Å². The number of fused-ring (bicyclic) bond motifs is 1. The van der Waals surface area contributed by atoms with Crippen LogP contribution in [0.2, 0.25) is 0 Å². The van der Waals surface area contributed by atoms with Crippen molar-refractivity contribution in [2.75, 3.05) is 11.9 Å². The number of hydrogen-bond acceptors (Lipinski definition) is 5. The molecule has 3 aromatic heterocycles. The molecule has 0 amide bonds. The average molecular weight is 285 g/mol. The fraction of sp³-hybridized carbons (Fsp3) is 0.429. The third-order valence-corrected chi connectivity index (χ3v) is 3.55. The van der Waals surface area contributed by atoms with E-state index in [4.69, 9.17) is 0 Å². The highest BCUT2D eigenvalue weighted by Gasteiger charge is 2.09. The predicted molar refractivity (Wildman–Crippen MR) is 81.2 cm³/mol. The molecule has 7 nitrogen and oxygen atoms in total. The number of anilines is 1. The quantitative estimate of drug-likeness (QED) is 0.698. The van der Waals surface area contributed by atoms with E-state index < -0.39 is 0 Å². The van der Waals surface area contributed by atoms with Crippen LogP contribution in [0, 0.1) is 13.8 Å². The van der Waals surface area contributed by atoms with Crippen molar-refractivity contribution in [3.05, 3.63) is 29.5 Å². The van der Waals surface area contributed by atoms with E-state index in [1.807, 2.05) is 27.1 Å². The minimum absolute atomic E-state index is 0.749. The van der Waals surface area contributed by atoms with E-state index in [2.05, 4.69) is 30.6 Å². The van der Waals surface area contributed by atoms with E-state index in [0.717, 1.165) is 47.8 Å². The van der Waals surface area contributed by atoms with E-state index in [1.54, 1.807) is 10.9 Å². The standard InChI is InChI=1S/C14H19N7/c1-9-11(7-16-20-9)5-4-6-15-13-12-8-17-21(3)14(12)19-10(2)18-13/h7-8H,4-6H2,1-3H3,(H,16,20)(H,15,18,19). The first-order chi connectivity index (χ1) is 10.1. The lowest BCUT2D eigenvalue weighted by Crippen LogP contribution is -2.07. The van der Waals surface area contributed by atoms with Crippen LogP contribution in [-0.2, 0) is 13.5 Å². The van der Waals surface area contributed by atoms with E-state index in [0.29, 0.717) is 0 Å². The van der Waals surface area contributed by atoms with Gasteiger partial charge >= 0.3 is 0 Å². The Hall–Kier alpha value is -2.44. The molecule has 3 heterocycles. The highest BCUT2D eigenvalue weighted by atomic mass is 15.3. The van der Waals surface area contributed by atoms with Gasteiger partial charge in [0.2, 0.25) is 0 Å². The molecule has 0 saturated carbocycles. The van der Waals surface area contributed by atoms with Gasteiger partial charge in [-0.3, -0.25) is 9.78 Å². The molecule has 2 N–H and O–H groups in total. The van der Waals surface area contributed by atoms with Gasteiger partial charge < -0.3 is 5.32 Å². The minimum atomic E-state index is 0.749. The van der Waals surface area contributed by atoms with E-state index >= 15 is 0 Å². The molecule has 0 aromatic carbocycles. The normalized spacial score (nSPS) is 11.2. The number of aromatic amines is 1. The summed E-state index contributed by atoms with van der Waals surface area (Å²) in [6, 6.07) is 0. The van der Waals surface area contributed by atoms with Crippen molar-refractivity contribution in [2.45, 2.75) is 26.7 Å². The zero-order valence-corrected chi connectivity index (χ0v) is 12.5. The summed E-state index contributed by atoms with van der Waals surface area (Å²) in [5, 5.41) is 15.6. The maximum Gasteiger partial charge on any atom is 0.163 e. The monoisotopic (exact) mass is 285 g/mol. The van der Waals surface area contributed by atoms with Crippen molar-refractivity contribution in [3.63, 3.8) is 0 Å². The van der Waals surface area contributed by atoms with Crippen LogP contribution in [0.15, 0.2) is 12.4 Å². The van der Waals surface area contributed by atoms with Crippen LogP contribution < -0.4 is 5.32 Å². The number of aryl methyl sites for hydroxylation is 4. The second kappa shape index (κ2) is 5.51. The fourth-order valence-corrected chi connectivity index (χ4v) is 2.38. The van der Waals surface area contributed by atoms with Gasteiger partial charge in [0.1, 0.15) is 11.6 Å². The lowest BCUT2D eigenvalue weighted by atomic mass is 10.1. The molecule has 3 aromatic rings. The number of rotatable bonds is 5. The number of H-pyrrole nitrogens is 1. The minimum Gasteiger partial charge on any atom is -0.369 e. The summed E-state index contributed by atoms with van der Waals surface area (Å²) in [7, 11) is 1.89. The maximum atomic E-state index is 4.47. The van der Waals surface area contributed by atoms with Crippen molar-refractivity contribution < 1.29 is 0 Å². The topological polar surface area (TPSA) is 84.3 Å². The SMILES string of the molecule is Cc1nc(NCCCc2cn[nH]c2C)c2cnn(C)c2n1. The van der Waals surface area contributed by atoms with Crippen LogP contribution in [-0.4, -0.2) is 36.5 Å². The summed E-state index contributed by atoms with van der Waals surface area (Å²) in [5.41, 5.74) is 3.26. The van der Waals surface area contributed by atoms with Gasteiger partial charge in [-0.2, -0.15) is 10.2 Å². The molecule has 0 aliphatic heterocycles. The van der Waals surface area contributed by atoms with Gasteiger partial charge in [0.15, 0.2) is 5.65 Å². The number of hydrogen-bond donors (Lipinski definition) is 2. The molecule has 0 spiro atoms. The molecule has 0 radical (unpaired) electrons. The summed E-state index contributed by atoms with van der Waals surface area (Å²) in [5.74, 6) is 1.61. The summed E-state index contributed by atoms with van der Waals surface area (Å²) in [6.45, 7) is 4.79. The molecule has 0 atom stereocenters. The van der Waals surface area contributed by atoms with Gasteiger partial charge in [0.05, 0.1) is 17.8 Å². The summed E-state index contributed by atoms with van der Waals surface area (Å²) < 4.78 is 1.77. The van der Waals surface area contributed by atoms with E-state index in [9.17, 15) is 0 Å².